The molecular formula is C22H28N2O4S. The van der Waals surface area contributed by atoms with Gasteiger partial charge in [-0.15, -0.1) is 0 Å². The summed E-state index contributed by atoms with van der Waals surface area (Å²) in [5.41, 5.74) is 1.35. The number of nitrogens with zero attached hydrogens (tertiary/aromatic N) is 1. The average Bonchev–Trinajstić information content (AvgIpc) is 2.69. The molecule has 2 N–H and O–H groups in total. The lowest BCUT2D eigenvalue weighted by Gasteiger charge is -2.26. The van der Waals surface area contributed by atoms with Gasteiger partial charge in [0.2, 0.25) is 10.0 Å². The van der Waals surface area contributed by atoms with E-state index >= 15 is 0 Å². The van der Waals surface area contributed by atoms with Gasteiger partial charge in [0.05, 0.1) is 10.6 Å². The number of amides is 1. The topological polar surface area (TPSA) is 86.7 Å². The van der Waals surface area contributed by atoms with Crippen molar-refractivity contribution in [1.29, 1.82) is 0 Å². The molecule has 0 aromatic heterocycles. The largest absolute Gasteiger partial charge is 0.506 e. The Balaban J connectivity index is 1.85. The van der Waals surface area contributed by atoms with Crippen LogP contribution in [0.1, 0.15) is 56.0 Å². The van der Waals surface area contributed by atoms with Crippen molar-refractivity contribution in [1.82, 2.24) is 4.31 Å². The molecule has 1 fully saturated rings. The van der Waals surface area contributed by atoms with E-state index in [-0.39, 0.29) is 21.6 Å². The van der Waals surface area contributed by atoms with Crippen LogP contribution in [-0.2, 0) is 15.4 Å². The predicted octanol–water partition coefficient (Wildman–Crippen LogP) is 4.12. The van der Waals surface area contributed by atoms with Crippen molar-refractivity contribution in [2.45, 2.75) is 50.3 Å². The van der Waals surface area contributed by atoms with Crippen molar-refractivity contribution < 1.29 is 18.3 Å². The summed E-state index contributed by atoms with van der Waals surface area (Å²) < 4.78 is 27.2. The summed E-state index contributed by atoms with van der Waals surface area (Å²) in [5, 5.41) is 12.8. The fourth-order valence-corrected chi connectivity index (χ4v) is 4.91. The summed E-state index contributed by atoms with van der Waals surface area (Å²) in [4.78, 5) is 12.9. The van der Waals surface area contributed by atoms with E-state index in [1.54, 1.807) is 24.3 Å². The lowest BCUT2D eigenvalue weighted by molar-refractivity contribution is 0.102. The van der Waals surface area contributed by atoms with Crippen LogP contribution in [0, 0.1) is 0 Å². The van der Waals surface area contributed by atoms with Gasteiger partial charge in [0, 0.05) is 18.7 Å². The Kier molecular flexibility index (Phi) is 6.00. The van der Waals surface area contributed by atoms with E-state index in [9.17, 15) is 18.3 Å². The van der Waals surface area contributed by atoms with Crippen LogP contribution in [0.5, 0.6) is 5.75 Å². The fraction of sp³-hybridized carbons (Fsp3) is 0.409. The molecule has 0 atom stereocenters. The van der Waals surface area contributed by atoms with Crippen LogP contribution >= 0.6 is 0 Å². The number of sulfonamides is 1. The smallest absolute Gasteiger partial charge is 0.255 e. The van der Waals surface area contributed by atoms with Crippen LogP contribution in [-0.4, -0.2) is 36.8 Å². The number of phenolic OH excluding ortho intramolecular Hbond substituents is 1. The highest BCUT2D eigenvalue weighted by molar-refractivity contribution is 7.89. The highest BCUT2D eigenvalue weighted by atomic mass is 32.2. The third-order valence-electron chi connectivity index (χ3n) is 5.16. The molecule has 0 unspecified atom stereocenters. The monoisotopic (exact) mass is 416 g/mol. The highest BCUT2D eigenvalue weighted by Crippen LogP contribution is 2.31. The Morgan fingerprint density at radius 1 is 1.03 bits per heavy atom. The maximum atomic E-state index is 12.9. The first-order chi connectivity index (χ1) is 13.6. The van der Waals surface area contributed by atoms with E-state index in [2.05, 4.69) is 5.32 Å². The third-order valence-corrected chi connectivity index (χ3v) is 7.05. The van der Waals surface area contributed by atoms with E-state index in [0.717, 1.165) is 24.8 Å². The molecule has 0 bridgehead atoms. The second-order valence-electron chi connectivity index (χ2n) is 8.43. The lowest BCUT2D eigenvalue weighted by atomic mass is 9.87. The third kappa shape index (κ3) is 4.79. The second-order valence-corrected chi connectivity index (χ2v) is 10.4. The standard InChI is InChI=1S/C22H28N2O4S/c1-22(2,3)17-10-11-20(25)19(15-17)23-21(26)16-8-7-9-18(14-16)29(27,28)24-12-5-4-6-13-24/h7-11,14-15,25H,4-6,12-13H2,1-3H3,(H,23,26). The zero-order chi connectivity index (χ0) is 21.2. The molecule has 1 amide bonds. The highest BCUT2D eigenvalue weighted by Gasteiger charge is 2.26. The Bertz CT molecular complexity index is 1000. The minimum Gasteiger partial charge on any atom is -0.506 e. The van der Waals surface area contributed by atoms with Gasteiger partial charge < -0.3 is 10.4 Å². The van der Waals surface area contributed by atoms with Crippen molar-refractivity contribution in [2.24, 2.45) is 0 Å². The SMILES string of the molecule is CC(C)(C)c1ccc(O)c(NC(=O)c2cccc(S(=O)(=O)N3CCCCC3)c2)c1. The molecule has 6 nitrogen and oxygen atoms in total. The summed E-state index contributed by atoms with van der Waals surface area (Å²) in [6.45, 7) is 7.14. The molecule has 156 valence electrons. The maximum Gasteiger partial charge on any atom is 0.255 e. The van der Waals surface area contributed by atoms with Crippen molar-refractivity contribution in [3.63, 3.8) is 0 Å². The first-order valence-electron chi connectivity index (χ1n) is 9.84. The molecule has 1 saturated heterocycles. The number of carbonyl (C=O) groups is 1. The van der Waals surface area contributed by atoms with E-state index in [4.69, 9.17) is 0 Å². The average molecular weight is 417 g/mol. The Morgan fingerprint density at radius 3 is 2.38 bits per heavy atom. The van der Waals surface area contributed by atoms with Crippen molar-refractivity contribution in [3.05, 3.63) is 53.6 Å². The van der Waals surface area contributed by atoms with Crippen LogP contribution in [0.3, 0.4) is 0 Å². The Labute approximate surface area is 172 Å². The number of benzene rings is 2. The van der Waals surface area contributed by atoms with Crippen molar-refractivity contribution in [3.8, 4) is 5.75 Å². The molecular weight excluding hydrogens is 388 g/mol. The zero-order valence-electron chi connectivity index (χ0n) is 17.1. The molecule has 3 rings (SSSR count). The normalized spacial score (nSPS) is 15.8. The summed E-state index contributed by atoms with van der Waals surface area (Å²) in [6.07, 6.45) is 2.73. The van der Waals surface area contributed by atoms with E-state index in [1.165, 1.54) is 16.4 Å². The molecule has 29 heavy (non-hydrogen) atoms. The number of carbonyl (C=O) groups excluding carboxylic acids is 1. The lowest BCUT2D eigenvalue weighted by Crippen LogP contribution is -2.35. The van der Waals surface area contributed by atoms with Gasteiger partial charge in [0.15, 0.2) is 0 Å². The summed E-state index contributed by atoms with van der Waals surface area (Å²) in [5.74, 6) is -0.509. The number of hydrogen-bond donors (Lipinski definition) is 2. The van der Waals surface area contributed by atoms with E-state index in [0.29, 0.717) is 18.8 Å². The molecule has 2 aromatic rings. The van der Waals surface area contributed by atoms with E-state index < -0.39 is 15.9 Å². The number of hydrogen-bond acceptors (Lipinski definition) is 4. The summed E-state index contributed by atoms with van der Waals surface area (Å²) >= 11 is 0. The first kappa shape index (κ1) is 21.3. The number of piperidine rings is 1. The summed E-state index contributed by atoms with van der Waals surface area (Å²) in [6, 6.07) is 11.1. The number of aromatic hydroxyl groups is 1. The van der Waals surface area contributed by atoms with Crippen molar-refractivity contribution >= 4 is 21.6 Å². The number of rotatable bonds is 4. The molecule has 2 aromatic carbocycles. The van der Waals surface area contributed by atoms with Crippen molar-refractivity contribution in [2.75, 3.05) is 18.4 Å². The zero-order valence-corrected chi connectivity index (χ0v) is 17.9. The van der Waals surface area contributed by atoms with Gasteiger partial charge in [-0.25, -0.2) is 8.42 Å². The van der Waals surface area contributed by atoms with Crippen LogP contribution in [0.15, 0.2) is 47.4 Å². The molecule has 0 saturated carbocycles. The molecule has 1 aliphatic heterocycles. The van der Waals surface area contributed by atoms with Gasteiger partial charge in [-0.05, 0) is 54.2 Å². The minimum atomic E-state index is -3.62. The molecule has 0 aliphatic carbocycles. The van der Waals surface area contributed by atoms with Crippen LogP contribution < -0.4 is 5.32 Å². The fourth-order valence-electron chi connectivity index (χ4n) is 3.35. The van der Waals surface area contributed by atoms with Gasteiger partial charge >= 0.3 is 0 Å². The van der Waals surface area contributed by atoms with Gasteiger partial charge in [-0.3, -0.25) is 4.79 Å². The molecule has 0 spiro atoms. The molecule has 7 heteroatoms. The van der Waals surface area contributed by atoms with Gasteiger partial charge in [-0.2, -0.15) is 4.31 Å². The maximum absolute atomic E-state index is 12.9. The number of nitrogens with one attached hydrogen (secondary N) is 1. The Hall–Kier alpha value is -2.38. The van der Waals surface area contributed by atoms with E-state index in [1.807, 2.05) is 26.8 Å². The number of anilines is 1. The second kappa shape index (κ2) is 8.16. The predicted molar refractivity (Wildman–Crippen MR) is 114 cm³/mol. The quantitative estimate of drug-likeness (QED) is 0.734. The first-order valence-corrected chi connectivity index (χ1v) is 11.3. The molecule has 1 aliphatic rings. The molecule has 1 heterocycles. The van der Waals surface area contributed by atoms with Gasteiger partial charge in [0.1, 0.15) is 5.75 Å². The minimum absolute atomic E-state index is 0.0385. The van der Waals surface area contributed by atoms with Crippen LogP contribution in [0.25, 0.3) is 0 Å². The van der Waals surface area contributed by atoms with Crippen LogP contribution in [0.2, 0.25) is 0 Å². The van der Waals surface area contributed by atoms with Gasteiger partial charge in [0.25, 0.3) is 5.91 Å². The van der Waals surface area contributed by atoms with Crippen LogP contribution in [0.4, 0.5) is 5.69 Å². The molecule has 0 radical (unpaired) electrons. The van der Waals surface area contributed by atoms with Gasteiger partial charge in [-0.1, -0.05) is 39.3 Å². The summed E-state index contributed by atoms with van der Waals surface area (Å²) in [7, 11) is -3.62. The Morgan fingerprint density at radius 2 is 1.72 bits per heavy atom. The number of phenols is 1.